The van der Waals surface area contributed by atoms with Gasteiger partial charge in [-0.2, -0.15) is 0 Å². The Balaban J connectivity index is 1.51. The molecule has 1 aliphatic heterocycles. The molecule has 186 valence electrons. The lowest BCUT2D eigenvalue weighted by Gasteiger charge is -2.52. The summed E-state index contributed by atoms with van der Waals surface area (Å²) < 4.78 is 1.52. The molecule has 2 aliphatic carbocycles. The molecule has 1 spiro atoms. The Kier molecular flexibility index (Phi) is 6.08. The largest absolute Gasteiger partial charge is 0.387 e. The average Bonchev–Trinajstić information content (AvgIpc) is 3.60. The molecule has 1 atom stereocenters. The van der Waals surface area contributed by atoms with E-state index in [2.05, 4.69) is 0 Å². The normalized spacial score (nSPS) is 23.5. The van der Waals surface area contributed by atoms with Crippen molar-refractivity contribution < 1.29 is 14.7 Å². The molecule has 1 aromatic heterocycles. The SMILES string of the molecule is CN(C)C(=O)c1cn(CC2(O)CCN(C(=O)C3CC3)CC23CCCC3)c(=O)cc1-c1ccccc1. The molecule has 3 aliphatic rings. The van der Waals surface area contributed by atoms with Crippen molar-refractivity contribution in [1.29, 1.82) is 0 Å². The third kappa shape index (κ3) is 4.31. The average molecular weight is 478 g/mol. The van der Waals surface area contributed by atoms with Gasteiger partial charge in [-0.05, 0) is 37.7 Å². The molecule has 1 unspecified atom stereocenters. The number of hydrogen-bond acceptors (Lipinski definition) is 4. The lowest BCUT2D eigenvalue weighted by atomic mass is 9.65. The highest BCUT2D eigenvalue weighted by atomic mass is 16.3. The smallest absolute Gasteiger partial charge is 0.255 e. The molecule has 7 nitrogen and oxygen atoms in total. The second-order valence-corrected chi connectivity index (χ2v) is 10.9. The van der Waals surface area contributed by atoms with Crippen LogP contribution in [0.1, 0.15) is 55.3 Å². The van der Waals surface area contributed by atoms with Crippen LogP contribution < -0.4 is 5.56 Å². The van der Waals surface area contributed by atoms with Gasteiger partial charge in [0.15, 0.2) is 0 Å². The van der Waals surface area contributed by atoms with Crippen LogP contribution in [-0.2, 0) is 11.3 Å². The van der Waals surface area contributed by atoms with E-state index in [0.717, 1.165) is 44.1 Å². The van der Waals surface area contributed by atoms with Crippen LogP contribution >= 0.6 is 0 Å². The van der Waals surface area contributed by atoms with Crippen LogP contribution in [0.5, 0.6) is 0 Å². The molecule has 7 heteroatoms. The van der Waals surface area contributed by atoms with E-state index in [1.807, 2.05) is 35.2 Å². The van der Waals surface area contributed by atoms with Crippen LogP contribution in [0.25, 0.3) is 11.1 Å². The number of likely N-dealkylation sites (tertiary alicyclic amines) is 1. The summed E-state index contributed by atoms with van der Waals surface area (Å²) in [5, 5.41) is 12.1. The summed E-state index contributed by atoms with van der Waals surface area (Å²) in [6, 6.07) is 11.0. The highest BCUT2D eigenvalue weighted by Gasteiger charge is 2.56. The fourth-order valence-corrected chi connectivity index (χ4v) is 6.12. The van der Waals surface area contributed by atoms with Gasteiger partial charge in [0.2, 0.25) is 5.91 Å². The van der Waals surface area contributed by atoms with Crippen molar-refractivity contribution in [2.75, 3.05) is 27.2 Å². The Labute approximate surface area is 206 Å². The molecule has 0 bridgehead atoms. The topological polar surface area (TPSA) is 82.8 Å². The van der Waals surface area contributed by atoms with Crippen molar-refractivity contribution >= 4 is 11.8 Å². The van der Waals surface area contributed by atoms with Crippen LogP contribution in [-0.4, -0.2) is 64.1 Å². The van der Waals surface area contributed by atoms with E-state index in [-0.39, 0.29) is 29.8 Å². The van der Waals surface area contributed by atoms with Crippen LogP contribution in [0.2, 0.25) is 0 Å². The third-order valence-corrected chi connectivity index (χ3v) is 8.35. The summed E-state index contributed by atoms with van der Waals surface area (Å²) >= 11 is 0. The predicted molar refractivity (Wildman–Crippen MR) is 134 cm³/mol. The Morgan fingerprint density at radius 3 is 2.40 bits per heavy atom. The van der Waals surface area contributed by atoms with E-state index in [4.69, 9.17) is 0 Å². The van der Waals surface area contributed by atoms with Crippen molar-refractivity contribution in [2.45, 2.75) is 57.1 Å². The Morgan fingerprint density at radius 1 is 1.09 bits per heavy atom. The van der Waals surface area contributed by atoms with Gasteiger partial charge < -0.3 is 19.5 Å². The highest BCUT2D eigenvalue weighted by Crippen LogP contribution is 2.52. The molecule has 1 N–H and O–H groups in total. The molecule has 2 saturated carbocycles. The molecule has 0 radical (unpaired) electrons. The summed E-state index contributed by atoms with van der Waals surface area (Å²) in [6.07, 6.45) is 7.72. The molecule has 5 rings (SSSR count). The van der Waals surface area contributed by atoms with E-state index in [1.54, 1.807) is 20.3 Å². The minimum Gasteiger partial charge on any atom is -0.387 e. The minimum atomic E-state index is -1.11. The quantitative estimate of drug-likeness (QED) is 0.717. The zero-order valence-electron chi connectivity index (χ0n) is 20.7. The van der Waals surface area contributed by atoms with Crippen molar-refractivity contribution in [3.8, 4) is 11.1 Å². The Bertz CT molecular complexity index is 1180. The number of piperidine rings is 1. The number of aromatic nitrogens is 1. The second-order valence-electron chi connectivity index (χ2n) is 10.9. The van der Waals surface area contributed by atoms with Crippen LogP contribution in [0.15, 0.2) is 47.4 Å². The Hall–Kier alpha value is -2.93. The van der Waals surface area contributed by atoms with Crippen molar-refractivity contribution in [1.82, 2.24) is 14.4 Å². The summed E-state index contributed by atoms with van der Waals surface area (Å²) in [6.45, 7) is 1.19. The summed E-state index contributed by atoms with van der Waals surface area (Å²) in [5.41, 5.74) is 0.0700. The van der Waals surface area contributed by atoms with Gasteiger partial charge >= 0.3 is 0 Å². The first-order chi connectivity index (χ1) is 16.7. The minimum absolute atomic E-state index is 0.125. The van der Waals surface area contributed by atoms with Crippen molar-refractivity contribution in [3.05, 3.63) is 58.5 Å². The predicted octanol–water partition coefficient (Wildman–Crippen LogP) is 3.15. The summed E-state index contributed by atoms with van der Waals surface area (Å²) in [5.74, 6) is 0.194. The van der Waals surface area contributed by atoms with E-state index in [1.165, 1.54) is 15.5 Å². The van der Waals surface area contributed by atoms with E-state index in [9.17, 15) is 19.5 Å². The molecular formula is C28H35N3O4. The van der Waals surface area contributed by atoms with Gasteiger partial charge in [-0.3, -0.25) is 14.4 Å². The highest BCUT2D eigenvalue weighted by molar-refractivity contribution is 6.00. The zero-order valence-corrected chi connectivity index (χ0v) is 20.7. The third-order valence-electron chi connectivity index (χ3n) is 8.35. The van der Waals surface area contributed by atoms with Crippen LogP contribution in [0, 0.1) is 11.3 Å². The van der Waals surface area contributed by atoms with E-state index in [0.29, 0.717) is 30.6 Å². The monoisotopic (exact) mass is 477 g/mol. The molecule has 3 fully saturated rings. The first-order valence-electron chi connectivity index (χ1n) is 12.8. The zero-order chi connectivity index (χ0) is 24.8. The molecular weight excluding hydrogens is 442 g/mol. The molecule has 1 saturated heterocycles. The van der Waals surface area contributed by atoms with Crippen LogP contribution in [0.4, 0.5) is 0 Å². The van der Waals surface area contributed by atoms with E-state index < -0.39 is 11.0 Å². The molecule has 2 heterocycles. The number of hydrogen-bond donors (Lipinski definition) is 1. The lowest BCUT2D eigenvalue weighted by molar-refractivity contribution is -0.161. The number of rotatable bonds is 5. The fraction of sp³-hybridized carbons (Fsp3) is 0.536. The van der Waals surface area contributed by atoms with Crippen molar-refractivity contribution in [2.24, 2.45) is 11.3 Å². The van der Waals surface area contributed by atoms with Gasteiger partial charge in [0.25, 0.3) is 11.5 Å². The molecule has 2 aromatic rings. The van der Waals surface area contributed by atoms with Gasteiger partial charge in [-0.25, -0.2) is 0 Å². The lowest BCUT2D eigenvalue weighted by Crippen LogP contribution is -2.62. The fourth-order valence-electron chi connectivity index (χ4n) is 6.12. The molecule has 1 aromatic carbocycles. The summed E-state index contributed by atoms with van der Waals surface area (Å²) in [7, 11) is 3.39. The Morgan fingerprint density at radius 2 is 1.77 bits per heavy atom. The maximum absolute atomic E-state index is 13.3. The number of carbonyl (C=O) groups is 2. The molecule has 2 amide bonds. The van der Waals surface area contributed by atoms with Gasteiger partial charge in [0.1, 0.15) is 0 Å². The maximum atomic E-state index is 13.3. The first kappa shape index (κ1) is 23.8. The van der Waals surface area contributed by atoms with Crippen LogP contribution in [0.3, 0.4) is 0 Å². The number of nitrogens with zero attached hydrogens (tertiary/aromatic N) is 3. The molecule has 35 heavy (non-hydrogen) atoms. The first-order valence-corrected chi connectivity index (χ1v) is 12.8. The van der Waals surface area contributed by atoms with Gasteiger partial charge in [-0.1, -0.05) is 43.2 Å². The van der Waals surface area contributed by atoms with Gasteiger partial charge in [0.05, 0.1) is 17.7 Å². The number of aliphatic hydroxyl groups is 1. The number of pyridine rings is 1. The standard InChI is InChI=1S/C28H35N3O4/c1-29(2)26(34)23-17-31(24(32)16-22(23)20-8-4-3-5-9-20)19-28(35)14-15-30(25(33)21-10-11-21)18-27(28)12-6-7-13-27/h3-5,8-9,16-17,21,35H,6-7,10-15,18-19H2,1-2H3. The number of amides is 2. The number of benzene rings is 1. The maximum Gasteiger partial charge on any atom is 0.255 e. The van der Waals surface area contributed by atoms with E-state index >= 15 is 0 Å². The van der Waals surface area contributed by atoms with Crippen molar-refractivity contribution in [3.63, 3.8) is 0 Å². The van der Waals surface area contributed by atoms with Gasteiger partial charge in [-0.15, -0.1) is 0 Å². The summed E-state index contributed by atoms with van der Waals surface area (Å²) in [4.78, 5) is 42.7. The van der Waals surface area contributed by atoms with Gasteiger partial charge in [0, 0.05) is 56.3 Å². The second kappa shape index (κ2) is 8.94. The number of carbonyl (C=O) groups excluding carboxylic acids is 2.